The van der Waals surface area contributed by atoms with Gasteiger partial charge in [-0.15, -0.1) is 5.10 Å². The van der Waals surface area contributed by atoms with E-state index in [1.165, 1.54) is 16.8 Å². The number of halogens is 3. The summed E-state index contributed by atoms with van der Waals surface area (Å²) in [4.78, 5) is 16.0. The molecule has 3 aromatic rings. The molecule has 3 N–H and O–H groups in total. The molecule has 4 rings (SSSR count). The van der Waals surface area contributed by atoms with Crippen LogP contribution < -0.4 is 15.4 Å². The molecule has 178 valence electrons. The number of alkyl carbamates (subject to hydrolysis) is 1. The van der Waals surface area contributed by atoms with E-state index in [0.29, 0.717) is 35.7 Å². The minimum Gasteiger partial charge on any atom is -0.471 e. The van der Waals surface area contributed by atoms with E-state index in [0.717, 1.165) is 0 Å². The molecule has 1 fully saturated rings. The van der Waals surface area contributed by atoms with E-state index in [-0.39, 0.29) is 11.9 Å². The first-order valence-electron chi connectivity index (χ1n) is 10.5. The molecule has 1 amide bonds. The molecule has 0 radical (unpaired) electrons. The summed E-state index contributed by atoms with van der Waals surface area (Å²) in [5, 5.41) is 16.7. The van der Waals surface area contributed by atoms with Crippen LogP contribution in [0.1, 0.15) is 38.3 Å². The lowest BCUT2D eigenvalue weighted by atomic mass is 10.0. The van der Waals surface area contributed by atoms with Crippen LogP contribution in [0, 0.1) is 0 Å². The maximum Gasteiger partial charge on any atom is 0.407 e. The monoisotopic (exact) mass is 467 g/mol. The van der Waals surface area contributed by atoms with Crippen LogP contribution in [-0.2, 0) is 4.74 Å². The van der Waals surface area contributed by atoms with Gasteiger partial charge < -0.3 is 20.1 Å². The maximum absolute atomic E-state index is 14.9. The molecule has 0 saturated heterocycles. The summed E-state index contributed by atoms with van der Waals surface area (Å²) in [6.07, 6.45) is -1.54. The quantitative estimate of drug-likeness (QED) is 0.464. The van der Waals surface area contributed by atoms with Crippen molar-refractivity contribution in [1.29, 1.82) is 0 Å². The van der Waals surface area contributed by atoms with Crippen LogP contribution in [-0.4, -0.2) is 62.2 Å². The number of aromatic amines is 1. The van der Waals surface area contributed by atoms with Gasteiger partial charge in [0.15, 0.2) is 18.2 Å². The number of alkyl halides is 3. The number of H-pyrrole nitrogens is 1. The Morgan fingerprint density at radius 3 is 2.91 bits per heavy atom. The molecule has 3 aromatic heterocycles. The first kappa shape index (κ1) is 22.7. The largest absolute Gasteiger partial charge is 0.471 e. The molecule has 3 heterocycles. The zero-order valence-electron chi connectivity index (χ0n) is 18.0. The molecule has 0 bridgehead atoms. The number of aromatic nitrogens is 5. The van der Waals surface area contributed by atoms with E-state index in [4.69, 9.17) is 9.47 Å². The molecular formula is C20H24F3N7O3. The fraction of sp³-hybridized carbons (Fsp3) is 0.500. The number of carbonyl (C=O) groups excluding carboxylic acids is 1. The average molecular weight is 467 g/mol. The van der Waals surface area contributed by atoms with Crippen molar-refractivity contribution in [2.75, 3.05) is 11.9 Å². The number of nitrogens with zero attached hydrogens (tertiary/aromatic N) is 4. The smallest absolute Gasteiger partial charge is 0.407 e. The van der Waals surface area contributed by atoms with Gasteiger partial charge in [0.25, 0.3) is 6.43 Å². The molecule has 1 aliphatic carbocycles. The van der Waals surface area contributed by atoms with Crippen LogP contribution in [0.25, 0.3) is 5.52 Å². The van der Waals surface area contributed by atoms with Gasteiger partial charge in [0.05, 0.1) is 0 Å². The van der Waals surface area contributed by atoms with Crippen molar-refractivity contribution >= 4 is 23.2 Å². The van der Waals surface area contributed by atoms with E-state index >= 15 is 0 Å². The van der Waals surface area contributed by atoms with Crippen molar-refractivity contribution in [2.45, 2.75) is 57.3 Å². The second-order valence-electron chi connectivity index (χ2n) is 7.99. The Kier molecular flexibility index (Phi) is 6.56. The van der Waals surface area contributed by atoms with E-state index < -0.39 is 37.3 Å². The molecule has 0 aromatic carbocycles. The van der Waals surface area contributed by atoms with Crippen molar-refractivity contribution in [2.24, 2.45) is 0 Å². The van der Waals surface area contributed by atoms with Gasteiger partial charge in [-0.1, -0.05) is 0 Å². The molecule has 33 heavy (non-hydrogen) atoms. The van der Waals surface area contributed by atoms with Gasteiger partial charge in [-0.05, 0) is 26.7 Å². The Bertz CT molecular complexity index is 1100. The van der Waals surface area contributed by atoms with Crippen molar-refractivity contribution < 1.29 is 27.4 Å². The highest BCUT2D eigenvalue weighted by Crippen LogP contribution is 2.38. The summed E-state index contributed by atoms with van der Waals surface area (Å²) in [7, 11) is 0. The third-order valence-corrected chi connectivity index (χ3v) is 5.13. The molecule has 10 nitrogen and oxygen atoms in total. The van der Waals surface area contributed by atoms with Crippen LogP contribution in [0.15, 0.2) is 24.5 Å². The van der Waals surface area contributed by atoms with Gasteiger partial charge in [0, 0.05) is 42.2 Å². The van der Waals surface area contributed by atoms with Gasteiger partial charge in [0.2, 0.25) is 5.88 Å². The molecule has 0 spiro atoms. The summed E-state index contributed by atoms with van der Waals surface area (Å²) < 4.78 is 51.3. The van der Waals surface area contributed by atoms with Crippen LogP contribution in [0.5, 0.6) is 5.88 Å². The van der Waals surface area contributed by atoms with Crippen LogP contribution >= 0.6 is 0 Å². The lowest BCUT2D eigenvalue weighted by Gasteiger charge is -2.18. The second-order valence-corrected chi connectivity index (χ2v) is 7.99. The Morgan fingerprint density at radius 1 is 1.33 bits per heavy atom. The fourth-order valence-corrected chi connectivity index (χ4v) is 3.71. The number of carbonyl (C=O) groups is 1. The Labute approximate surface area is 186 Å². The predicted molar refractivity (Wildman–Crippen MR) is 112 cm³/mol. The summed E-state index contributed by atoms with van der Waals surface area (Å²) in [6.45, 7) is 2.82. The molecule has 1 aliphatic rings. The van der Waals surface area contributed by atoms with Crippen molar-refractivity contribution in [3.8, 4) is 5.88 Å². The predicted octanol–water partition coefficient (Wildman–Crippen LogP) is 3.56. The molecule has 1 saturated carbocycles. The van der Waals surface area contributed by atoms with E-state index in [2.05, 4.69) is 30.9 Å². The minimum atomic E-state index is -2.61. The Hall–Kier alpha value is -3.51. The summed E-state index contributed by atoms with van der Waals surface area (Å²) in [5.41, 5.74) is 1.04. The van der Waals surface area contributed by atoms with Gasteiger partial charge in [-0.25, -0.2) is 27.5 Å². The summed E-state index contributed by atoms with van der Waals surface area (Å²) in [6, 6.07) is 3.03. The molecule has 0 aliphatic heterocycles. The highest BCUT2D eigenvalue weighted by molar-refractivity contribution is 5.72. The summed E-state index contributed by atoms with van der Waals surface area (Å²) >= 11 is 0. The van der Waals surface area contributed by atoms with Crippen molar-refractivity contribution in [3.05, 3.63) is 30.2 Å². The SMILES string of the molecule is CC(C)NC(=O)O[C@@H]1CC[C@H](c2cc(Nc3nccn4nc(OCC(F)F)cc34)n[nH]2)[C@@H]1F. The van der Waals surface area contributed by atoms with Crippen molar-refractivity contribution in [1.82, 2.24) is 30.1 Å². The summed E-state index contributed by atoms with van der Waals surface area (Å²) in [5.74, 6) is 0.284. The number of hydrogen-bond donors (Lipinski definition) is 3. The highest BCUT2D eigenvalue weighted by atomic mass is 19.3. The third-order valence-electron chi connectivity index (χ3n) is 5.13. The van der Waals surface area contributed by atoms with Crippen LogP contribution in [0.4, 0.5) is 29.6 Å². The van der Waals surface area contributed by atoms with Crippen LogP contribution in [0.3, 0.4) is 0 Å². The first-order chi connectivity index (χ1) is 15.8. The van der Waals surface area contributed by atoms with Gasteiger partial charge in [-0.2, -0.15) is 5.10 Å². The number of nitrogens with one attached hydrogen (secondary N) is 3. The highest BCUT2D eigenvalue weighted by Gasteiger charge is 2.40. The zero-order valence-corrected chi connectivity index (χ0v) is 18.0. The van der Waals surface area contributed by atoms with Gasteiger partial charge in [0.1, 0.15) is 17.8 Å². The second kappa shape index (κ2) is 9.55. The number of fused-ring (bicyclic) bond motifs is 1. The topological polar surface area (TPSA) is 118 Å². The molecule has 13 heteroatoms. The normalized spacial score (nSPS) is 20.5. The van der Waals surface area contributed by atoms with Gasteiger partial charge >= 0.3 is 6.09 Å². The lowest BCUT2D eigenvalue weighted by molar-refractivity contribution is 0.0555. The van der Waals surface area contributed by atoms with Crippen LogP contribution in [0.2, 0.25) is 0 Å². The minimum absolute atomic E-state index is 0.0350. The maximum atomic E-state index is 14.9. The average Bonchev–Trinajstić information content (AvgIpc) is 3.45. The lowest BCUT2D eigenvalue weighted by Crippen LogP contribution is -2.36. The zero-order chi connectivity index (χ0) is 23.5. The number of amides is 1. The van der Waals surface area contributed by atoms with Crippen molar-refractivity contribution in [3.63, 3.8) is 0 Å². The number of rotatable bonds is 8. The molecular weight excluding hydrogens is 443 g/mol. The Morgan fingerprint density at radius 2 is 2.15 bits per heavy atom. The van der Waals surface area contributed by atoms with E-state index in [9.17, 15) is 18.0 Å². The standard InChI is InChI=1S/C20H24F3N7O3/c1-10(2)25-20(31)33-14-4-3-11(18(14)23)12-7-16(28-27-12)26-19-13-8-17(32-9-15(21)22)29-30(13)6-5-24-19/h5-8,10-11,14-15,18H,3-4,9H2,1-2H3,(H,25,31)(H2,24,26,27,28)/t11-,14-,18+/m1/s1. The van der Waals surface area contributed by atoms with E-state index in [1.54, 1.807) is 26.1 Å². The molecule has 3 atom stereocenters. The fourth-order valence-electron chi connectivity index (χ4n) is 3.71. The Balaban J connectivity index is 1.43. The number of ether oxygens (including phenoxy) is 2. The first-order valence-corrected chi connectivity index (χ1v) is 10.5. The molecule has 0 unspecified atom stereocenters. The number of hydrogen-bond acceptors (Lipinski definition) is 7. The number of anilines is 2. The third kappa shape index (κ3) is 5.29. The van der Waals surface area contributed by atoms with E-state index in [1.807, 2.05) is 0 Å². The van der Waals surface area contributed by atoms with Gasteiger partial charge in [-0.3, -0.25) is 5.10 Å².